The van der Waals surface area contributed by atoms with Crippen LogP contribution in [0.25, 0.3) is 0 Å². The maximum atomic E-state index is 12.9. The number of nitrogens with zero attached hydrogens (tertiary/aromatic N) is 1. The van der Waals surface area contributed by atoms with Crippen molar-refractivity contribution in [3.05, 3.63) is 57.6 Å². The number of pyridine rings is 1. The van der Waals surface area contributed by atoms with E-state index >= 15 is 0 Å². The molecule has 0 unspecified atom stereocenters. The monoisotopic (exact) mass is 356 g/mol. The summed E-state index contributed by atoms with van der Waals surface area (Å²) in [6.07, 6.45) is 0.877. The number of amides is 1. The van der Waals surface area contributed by atoms with Crippen LogP contribution in [0.4, 0.5) is 5.69 Å². The Hall–Kier alpha value is -2.56. The van der Waals surface area contributed by atoms with Gasteiger partial charge in [0.15, 0.2) is 5.69 Å². The zero-order valence-corrected chi connectivity index (χ0v) is 16.5. The Balaban J connectivity index is 2.37. The van der Waals surface area contributed by atoms with Crippen molar-refractivity contribution in [2.75, 3.05) is 11.9 Å². The summed E-state index contributed by atoms with van der Waals surface area (Å²) >= 11 is 0. The predicted octanol–water partition coefficient (Wildman–Crippen LogP) is 4.23. The molecule has 1 N–H and O–H groups in total. The third-order valence-electron chi connectivity index (χ3n) is 4.61. The molecule has 1 amide bonds. The Bertz CT molecular complexity index is 813. The van der Waals surface area contributed by atoms with Crippen LogP contribution in [-0.4, -0.2) is 12.5 Å². The van der Waals surface area contributed by atoms with E-state index in [2.05, 4.69) is 19.2 Å². The molecule has 2 rings (SSSR count). The second kappa shape index (κ2) is 8.21. The first kappa shape index (κ1) is 19.8. The lowest BCUT2D eigenvalue weighted by Crippen LogP contribution is -2.37. The highest BCUT2D eigenvalue weighted by Gasteiger charge is 2.24. The van der Waals surface area contributed by atoms with Gasteiger partial charge in [0.25, 0.3) is 5.91 Å². The zero-order chi connectivity index (χ0) is 19.4. The molecule has 140 valence electrons. The van der Waals surface area contributed by atoms with Crippen molar-refractivity contribution < 1.29 is 14.3 Å². The second-order valence-electron chi connectivity index (χ2n) is 7.14. The summed E-state index contributed by atoms with van der Waals surface area (Å²) in [6, 6.07) is 7.38. The molecule has 0 aliphatic carbocycles. The van der Waals surface area contributed by atoms with Gasteiger partial charge in [-0.25, -0.2) is 0 Å². The number of aryl methyl sites for hydroxylation is 2. The summed E-state index contributed by atoms with van der Waals surface area (Å²) < 4.78 is 6.64. The summed E-state index contributed by atoms with van der Waals surface area (Å²) in [5.41, 5.74) is 3.96. The van der Waals surface area contributed by atoms with Crippen molar-refractivity contribution in [1.29, 1.82) is 0 Å². The van der Waals surface area contributed by atoms with E-state index in [0.717, 1.165) is 28.0 Å². The van der Waals surface area contributed by atoms with Crippen LogP contribution < -0.4 is 14.8 Å². The molecule has 0 aliphatic rings. The van der Waals surface area contributed by atoms with Crippen LogP contribution in [0.1, 0.15) is 53.1 Å². The maximum Gasteiger partial charge on any atom is 0.265 e. The summed E-state index contributed by atoms with van der Waals surface area (Å²) in [5.74, 6) is 0.619. The highest BCUT2D eigenvalue weighted by molar-refractivity contribution is 6.07. The van der Waals surface area contributed by atoms with Crippen LogP contribution in [0, 0.1) is 38.8 Å². The molecule has 1 aromatic carbocycles. The first-order valence-corrected chi connectivity index (χ1v) is 8.96. The summed E-state index contributed by atoms with van der Waals surface area (Å²) in [5, 5.41) is 15.2. The second-order valence-corrected chi connectivity index (χ2v) is 7.14. The van der Waals surface area contributed by atoms with Gasteiger partial charge in [0.2, 0.25) is 5.69 Å². The van der Waals surface area contributed by atoms with E-state index in [-0.39, 0.29) is 11.5 Å². The van der Waals surface area contributed by atoms with Crippen molar-refractivity contribution in [3.8, 4) is 5.75 Å². The lowest BCUT2D eigenvalue weighted by atomic mass is 10.1. The molecule has 0 saturated heterocycles. The standard InChI is InChI=1S/C21H28N2O3/c1-13(2)10-11-26-19-12-15(4)23(25)17(6)20(19)21(24)22-18-9-7-8-14(3)16(18)5/h7-9,12-13H,10-11H2,1-6H3,(H,22,24). The van der Waals surface area contributed by atoms with Crippen molar-refractivity contribution in [3.63, 3.8) is 0 Å². The van der Waals surface area contributed by atoms with E-state index in [1.165, 1.54) is 0 Å². The normalized spacial score (nSPS) is 10.9. The van der Waals surface area contributed by atoms with Gasteiger partial charge in [0, 0.05) is 25.6 Å². The van der Waals surface area contributed by atoms with Crippen LogP contribution >= 0.6 is 0 Å². The smallest absolute Gasteiger partial charge is 0.265 e. The summed E-state index contributed by atoms with van der Waals surface area (Å²) in [6.45, 7) is 12.0. The SMILES string of the molecule is Cc1cccc(NC(=O)c2c(OCCC(C)C)cc(C)[n+]([O-])c2C)c1C. The van der Waals surface area contributed by atoms with Crippen LogP contribution in [-0.2, 0) is 0 Å². The van der Waals surface area contributed by atoms with Crippen LogP contribution in [0.3, 0.4) is 0 Å². The fourth-order valence-corrected chi connectivity index (χ4v) is 2.73. The summed E-state index contributed by atoms with van der Waals surface area (Å²) in [4.78, 5) is 12.9. The van der Waals surface area contributed by atoms with Gasteiger partial charge in [-0.05, 0) is 43.4 Å². The fraction of sp³-hybridized carbons (Fsp3) is 0.429. The molecule has 1 aromatic heterocycles. The molecule has 0 spiro atoms. The molecule has 0 radical (unpaired) electrons. The Labute approximate surface area is 155 Å². The number of carbonyl (C=O) groups excluding carboxylic acids is 1. The lowest BCUT2D eigenvalue weighted by Gasteiger charge is -2.16. The molecule has 0 bridgehead atoms. The average molecular weight is 356 g/mol. The van der Waals surface area contributed by atoms with E-state index < -0.39 is 0 Å². The Morgan fingerprint density at radius 3 is 2.58 bits per heavy atom. The average Bonchev–Trinajstić information content (AvgIpc) is 2.56. The minimum absolute atomic E-state index is 0.287. The Morgan fingerprint density at radius 2 is 1.92 bits per heavy atom. The third-order valence-corrected chi connectivity index (χ3v) is 4.61. The molecule has 1 heterocycles. The Morgan fingerprint density at radius 1 is 1.23 bits per heavy atom. The molecule has 0 aliphatic heterocycles. The highest BCUT2D eigenvalue weighted by Crippen LogP contribution is 2.25. The van der Waals surface area contributed by atoms with Crippen molar-refractivity contribution in [2.24, 2.45) is 5.92 Å². The van der Waals surface area contributed by atoms with Crippen LogP contribution in [0.2, 0.25) is 0 Å². The molecule has 2 aromatic rings. The molecule has 5 nitrogen and oxygen atoms in total. The van der Waals surface area contributed by atoms with Crippen LogP contribution in [0.15, 0.2) is 24.3 Å². The molecule has 5 heteroatoms. The topological polar surface area (TPSA) is 65.3 Å². The highest BCUT2D eigenvalue weighted by atomic mass is 16.5. The van der Waals surface area contributed by atoms with Gasteiger partial charge >= 0.3 is 0 Å². The van der Waals surface area contributed by atoms with E-state index in [1.54, 1.807) is 19.9 Å². The van der Waals surface area contributed by atoms with E-state index in [9.17, 15) is 10.0 Å². The molecule has 0 saturated carbocycles. The summed E-state index contributed by atoms with van der Waals surface area (Å²) in [7, 11) is 0. The number of benzene rings is 1. The van der Waals surface area contributed by atoms with Gasteiger partial charge in [-0.2, -0.15) is 4.73 Å². The third kappa shape index (κ3) is 4.34. The van der Waals surface area contributed by atoms with Gasteiger partial charge in [-0.3, -0.25) is 4.79 Å². The minimum Gasteiger partial charge on any atom is -0.618 e. The van der Waals surface area contributed by atoms with Crippen molar-refractivity contribution >= 4 is 11.6 Å². The lowest BCUT2D eigenvalue weighted by molar-refractivity contribution is -0.619. The van der Waals surface area contributed by atoms with Crippen LogP contribution in [0.5, 0.6) is 5.75 Å². The predicted molar refractivity (Wildman–Crippen MR) is 104 cm³/mol. The van der Waals surface area contributed by atoms with Crippen molar-refractivity contribution in [1.82, 2.24) is 0 Å². The molecule has 0 atom stereocenters. The largest absolute Gasteiger partial charge is 0.618 e. The van der Waals surface area contributed by atoms with Gasteiger partial charge in [-0.1, -0.05) is 26.0 Å². The maximum absolute atomic E-state index is 12.9. The molecule has 26 heavy (non-hydrogen) atoms. The fourth-order valence-electron chi connectivity index (χ4n) is 2.73. The molecule has 0 fully saturated rings. The number of aromatic nitrogens is 1. The van der Waals surface area contributed by atoms with Crippen molar-refractivity contribution in [2.45, 2.75) is 48.0 Å². The number of hydrogen-bond donors (Lipinski definition) is 1. The van der Waals surface area contributed by atoms with Gasteiger partial charge in [0.1, 0.15) is 11.3 Å². The molecular formula is C21H28N2O3. The molecular weight excluding hydrogens is 328 g/mol. The van der Waals surface area contributed by atoms with E-state index in [1.807, 2.05) is 32.0 Å². The number of carbonyl (C=O) groups is 1. The first-order chi connectivity index (χ1) is 12.2. The Kier molecular flexibility index (Phi) is 6.24. The van der Waals surface area contributed by atoms with E-state index in [4.69, 9.17) is 4.74 Å². The number of anilines is 1. The number of hydrogen-bond acceptors (Lipinski definition) is 3. The van der Waals surface area contributed by atoms with Gasteiger partial charge in [-0.15, -0.1) is 0 Å². The number of ether oxygens (including phenoxy) is 1. The quantitative estimate of drug-likeness (QED) is 0.622. The number of rotatable bonds is 6. The first-order valence-electron chi connectivity index (χ1n) is 8.96. The minimum atomic E-state index is -0.333. The van der Waals surface area contributed by atoms with E-state index in [0.29, 0.717) is 29.7 Å². The number of nitrogens with one attached hydrogen (secondary N) is 1. The zero-order valence-electron chi connectivity index (χ0n) is 16.5. The van der Waals surface area contributed by atoms with Gasteiger partial charge in [0.05, 0.1) is 6.61 Å². The van der Waals surface area contributed by atoms with Gasteiger partial charge < -0.3 is 15.3 Å².